The summed E-state index contributed by atoms with van der Waals surface area (Å²) in [6.45, 7) is 4.12. The number of hydrogen-bond acceptors (Lipinski definition) is 6. The van der Waals surface area contributed by atoms with E-state index in [0.29, 0.717) is 23.5 Å². The molecule has 0 bridgehead atoms. The van der Waals surface area contributed by atoms with Crippen LogP contribution in [0.5, 0.6) is 0 Å². The lowest BCUT2D eigenvalue weighted by Gasteiger charge is -2.12. The monoisotopic (exact) mass is 233 g/mol. The molecule has 6 heteroatoms. The molecule has 0 amide bonds. The maximum absolute atomic E-state index is 6.00. The Labute approximate surface area is 99.3 Å². The summed E-state index contributed by atoms with van der Waals surface area (Å²) in [6.07, 6.45) is 4.22. The first kappa shape index (κ1) is 11.7. The van der Waals surface area contributed by atoms with Gasteiger partial charge in [0.2, 0.25) is 17.5 Å². The molecule has 2 rings (SSSR count). The first-order valence-corrected chi connectivity index (χ1v) is 5.59. The van der Waals surface area contributed by atoms with Crippen LogP contribution in [0.2, 0.25) is 0 Å². The molecule has 0 fully saturated rings. The van der Waals surface area contributed by atoms with E-state index in [2.05, 4.69) is 27.0 Å². The second-order valence-corrected chi connectivity index (χ2v) is 3.94. The molecule has 0 aliphatic rings. The molecule has 2 N–H and O–H groups in total. The van der Waals surface area contributed by atoms with Gasteiger partial charge in [-0.25, -0.2) is 9.97 Å². The SMILES string of the molecule is CC[C@H](C)[C@H](N)c1nc(-c2ncccn2)no1. The summed E-state index contributed by atoms with van der Waals surface area (Å²) in [5, 5.41) is 3.83. The third-order valence-corrected chi connectivity index (χ3v) is 2.75. The van der Waals surface area contributed by atoms with Crippen LogP contribution in [0.15, 0.2) is 23.0 Å². The van der Waals surface area contributed by atoms with Gasteiger partial charge >= 0.3 is 0 Å². The van der Waals surface area contributed by atoms with Crippen molar-refractivity contribution in [1.29, 1.82) is 0 Å². The molecule has 0 radical (unpaired) electrons. The number of hydrogen-bond donors (Lipinski definition) is 1. The van der Waals surface area contributed by atoms with Gasteiger partial charge in [0, 0.05) is 12.4 Å². The predicted octanol–water partition coefficient (Wildman–Crippen LogP) is 1.57. The Morgan fingerprint density at radius 1 is 1.29 bits per heavy atom. The van der Waals surface area contributed by atoms with E-state index in [-0.39, 0.29) is 6.04 Å². The second kappa shape index (κ2) is 5.01. The zero-order chi connectivity index (χ0) is 12.3. The second-order valence-electron chi connectivity index (χ2n) is 3.94. The van der Waals surface area contributed by atoms with Gasteiger partial charge < -0.3 is 10.3 Å². The summed E-state index contributed by atoms with van der Waals surface area (Å²) in [6, 6.07) is 1.49. The fourth-order valence-corrected chi connectivity index (χ4v) is 1.37. The fraction of sp³-hybridized carbons (Fsp3) is 0.455. The molecular weight excluding hydrogens is 218 g/mol. The molecule has 0 aromatic carbocycles. The molecule has 0 saturated carbocycles. The van der Waals surface area contributed by atoms with Gasteiger partial charge in [0.25, 0.3) is 0 Å². The molecular formula is C11H15N5O. The Morgan fingerprint density at radius 3 is 2.65 bits per heavy atom. The van der Waals surface area contributed by atoms with E-state index < -0.39 is 0 Å². The average Bonchev–Trinajstić information content (AvgIpc) is 2.87. The van der Waals surface area contributed by atoms with Crippen LogP contribution >= 0.6 is 0 Å². The van der Waals surface area contributed by atoms with Crippen molar-refractivity contribution in [2.75, 3.05) is 0 Å². The summed E-state index contributed by atoms with van der Waals surface area (Å²) in [5.41, 5.74) is 6.00. The van der Waals surface area contributed by atoms with E-state index in [0.717, 1.165) is 6.42 Å². The van der Waals surface area contributed by atoms with Crippen molar-refractivity contribution in [2.45, 2.75) is 26.3 Å². The molecule has 90 valence electrons. The highest BCUT2D eigenvalue weighted by Crippen LogP contribution is 2.21. The lowest BCUT2D eigenvalue weighted by molar-refractivity contribution is 0.312. The average molecular weight is 233 g/mol. The van der Waals surface area contributed by atoms with Crippen LogP contribution in [0.1, 0.15) is 32.2 Å². The zero-order valence-corrected chi connectivity index (χ0v) is 9.87. The van der Waals surface area contributed by atoms with Gasteiger partial charge in [0.05, 0.1) is 6.04 Å². The van der Waals surface area contributed by atoms with Crippen LogP contribution < -0.4 is 5.73 Å². The smallest absolute Gasteiger partial charge is 0.244 e. The third kappa shape index (κ3) is 2.47. The molecule has 0 unspecified atom stereocenters. The Hall–Kier alpha value is -1.82. The van der Waals surface area contributed by atoms with E-state index in [9.17, 15) is 0 Å². The molecule has 0 saturated heterocycles. The minimum Gasteiger partial charge on any atom is -0.337 e. The Kier molecular flexibility index (Phi) is 3.43. The highest BCUT2D eigenvalue weighted by Gasteiger charge is 2.21. The van der Waals surface area contributed by atoms with Crippen molar-refractivity contribution >= 4 is 0 Å². The largest absolute Gasteiger partial charge is 0.337 e. The van der Waals surface area contributed by atoms with Crippen molar-refractivity contribution in [2.24, 2.45) is 11.7 Å². The predicted molar refractivity (Wildman–Crippen MR) is 61.7 cm³/mol. The van der Waals surface area contributed by atoms with Gasteiger partial charge in [-0.15, -0.1) is 0 Å². The summed E-state index contributed by atoms with van der Waals surface area (Å²) in [5.74, 6) is 1.54. The first-order valence-electron chi connectivity index (χ1n) is 5.59. The molecule has 0 aliphatic heterocycles. The molecule has 6 nitrogen and oxygen atoms in total. The first-order chi connectivity index (χ1) is 8.22. The maximum Gasteiger partial charge on any atom is 0.244 e. The minimum absolute atomic E-state index is 0.245. The van der Waals surface area contributed by atoms with Gasteiger partial charge in [-0.1, -0.05) is 25.4 Å². The number of nitrogens with two attached hydrogens (primary N) is 1. The zero-order valence-electron chi connectivity index (χ0n) is 9.87. The summed E-state index contributed by atoms with van der Waals surface area (Å²) in [7, 11) is 0. The van der Waals surface area contributed by atoms with Gasteiger partial charge in [-0.3, -0.25) is 0 Å². The maximum atomic E-state index is 6.00. The van der Waals surface area contributed by atoms with Crippen LogP contribution in [0.3, 0.4) is 0 Å². The van der Waals surface area contributed by atoms with Crippen LogP contribution in [0.25, 0.3) is 11.6 Å². The standard InChI is InChI=1S/C11H15N5O/c1-3-7(2)8(12)11-15-10(16-17-11)9-13-5-4-6-14-9/h4-8H,3,12H2,1-2H3/t7-,8-/m0/s1. The van der Waals surface area contributed by atoms with E-state index in [1.165, 1.54) is 0 Å². The van der Waals surface area contributed by atoms with Crippen molar-refractivity contribution in [1.82, 2.24) is 20.1 Å². The normalized spacial score (nSPS) is 14.5. The Morgan fingerprint density at radius 2 is 2.00 bits per heavy atom. The highest BCUT2D eigenvalue weighted by molar-refractivity contribution is 5.40. The molecule has 2 atom stereocenters. The van der Waals surface area contributed by atoms with E-state index >= 15 is 0 Å². The van der Waals surface area contributed by atoms with E-state index in [1.54, 1.807) is 18.5 Å². The Bertz CT molecular complexity index is 470. The topological polar surface area (TPSA) is 90.7 Å². The van der Waals surface area contributed by atoms with E-state index in [1.807, 2.05) is 6.92 Å². The van der Waals surface area contributed by atoms with Crippen molar-refractivity contribution in [3.05, 3.63) is 24.4 Å². The summed E-state index contributed by atoms with van der Waals surface area (Å²) < 4.78 is 5.14. The number of nitrogens with zero attached hydrogens (tertiary/aromatic N) is 4. The highest BCUT2D eigenvalue weighted by atomic mass is 16.5. The van der Waals surface area contributed by atoms with Gasteiger partial charge in [-0.2, -0.15) is 4.98 Å². The minimum atomic E-state index is -0.245. The van der Waals surface area contributed by atoms with Gasteiger partial charge in [0.1, 0.15) is 0 Å². The molecule has 0 spiro atoms. The number of aromatic nitrogens is 4. The summed E-state index contributed by atoms with van der Waals surface area (Å²) in [4.78, 5) is 12.3. The van der Waals surface area contributed by atoms with Gasteiger partial charge in [0.15, 0.2) is 0 Å². The lowest BCUT2D eigenvalue weighted by Crippen LogP contribution is -2.18. The molecule has 2 aromatic rings. The van der Waals surface area contributed by atoms with Crippen molar-refractivity contribution in [3.8, 4) is 11.6 Å². The third-order valence-electron chi connectivity index (χ3n) is 2.75. The van der Waals surface area contributed by atoms with Crippen molar-refractivity contribution < 1.29 is 4.52 Å². The molecule has 2 heterocycles. The van der Waals surface area contributed by atoms with Crippen LogP contribution in [-0.2, 0) is 0 Å². The molecule has 17 heavy (non-hydrogen) atoms. The lowest BCUT2D eigenvalue weighted by atomic mass is 10.0. The van der Waals surface area contributed by atoms with E-state index in [4.69, 9.17) is 10.3 Å². The quantitative estimate of drug-likeness (QED) is 0.861. The Balaban J connectivity index is 2.22. The van der Waals surface area contributed by atoms with Crippen LogP contribution in [0, 0.1) is 5.92 Å². The van der Waals surface area contributed by atoms with Crippen LogP contribution in [-0.4, -0.2) is 20.1 Å². The molecule has 0 aliphatic carbocycles. The molecule has 2 aromatic heterocycles. The van der Waals surface area contributed by atoms with Crippen LogP contribution in [0.4, 0.5) is 0 Å². The van der Waals surface area contributed by atoms with Crippen molar-refractivity contribution in [3.63, 3.8) is 0 Å². The van der Waals surface area contributed by atoms with Gasteiger partial charge in [-0.05, 0) is 12.0 Å². The number of rotatable bonds is 4. The fourth-order valence-electron chi connectivity index (χ4n) is 1.37. The summed E-state index contributed by atoms with van der Waals surface area (Å²) >= 11 is 0.